The summed E-state index contributed by atoms with van der Waals surface area (Å²) < 4.78 is 65.3. The van der Waals surface area contributed by atoms with Crippen molar-refractivity contribution in [3.63, 3.8) is 0 Å². The molecule has 0 spiro atoms. The van der Waals surface area contributed by atoms with Gasteiger partial charge < -0.3 is 8.92 Å². The van der Waals surface area contributed by atoms with Crippen LogP contribution in [0.2, 0.25) is 0 Å². The third kappa shape index (κ3) is 4.25. The van der Waals surface area contributed by atoms with Crippen molar-refractivity contribution < 1.29 is 35.3 Å². The van der Waals surface area contributed by atoms with Gasteiger partial charge in [0.1, 0.15) is 5.76 Å². The number of hydrogen-bond acceptors (Lipinski definition) is 5. The van der Waals surface area contributed by atoms with E-state index in [0.717, 1.165) is 13.8 Å². The van der Waals surface area contributed by atoms with Gasteiger partial charge in [-0.3, -0.25) is 0 Å². The predicted molar refractivity (Wildman–Crippen MR) is 51.1 cm³/mol. The van der Waals surface area contributed by atoms with E-state index in [-0.39, 0.29) is 12.2 Å². The number of rotatable bonds is 4. The maximum atomic E-state index is 12.0. The molecule has 0 aromatic heterocycles. The van der Waals surface area contributed by atoms with E-state index in [2.05, 4.69) is 8.92 Å². The first-order valence-electron chi connectivity index (χ1n) is 4.38. The van der Waals surface area contributed by atoms with Crippen molar-refractivity contribution in [2.45, 2.75) is 26.3 Å². The second-order valence-electron chi connectivity index (χ2n) is 2.88. The summed E-state index contributed by atoms with van der Waals surface area (Å²) in [5.74, 6) is -1.62. The van der Waals surface area contributed by atoms with E-state index in [1.807, 2.05) is 0 Å². The summed E-state index contributed by atoms with van der Waals surface area (Å²) in [7, 11) is -5.76. The van der Waals surface area contributed by atoms with Gasteiger partial charge in [0, 0.05) is 0 Å². The molecule has 0 aliphatic carbocycles. The molecule has 0 aliphatic rings. The maximum absolute atomic E-state index is 12.0. The van der Waals surface area contributed by atoms with Gasteiger partial charge in [0.15, 0.2) is 0 Å². The Kier molecular flexibility index (Phi) is 4.99. The van der Waals surface area contributed by atoms with Gasteiger partial charge >= 0.3 is 21.6 Å². The molecule has 0 bridgehead atoms. The van der Waals surface area contributed by atoms with Crippen LogP contribution in [0.3, 0.4) is 0 Å². The van der Waals surface area contributed by atoms with Gasteiger partial charge in [-0.1, -0.05) is 0 Å². The Morgan fingerprint density at radius 2 is 1.71 bits per heavy atom. The zero-order valence-corrected chi connectivity index (χ0v) is 10.1. The number of alkyl halides is 3. The number of allylic oxidation sites excluding steroid dienone is 1. The van der Waals surface area contributed by atoms with Crippen LogP contribution in [0, 0.1) is 0 Å². The van der Waals surface area contributed by atoms with E-state index in [9.17, 15) is 26.4 Å². The molecule has 17 heavy (non-hydrogen) atoms. The third-order valence-corrected chi connectivity index (χ3v) is 2.66. The highest BCUT2D eigenvalue weighted by Crippen LogP contribution is 2.27. The number of carbonyl (C=O) groups excluding carboxylic acids is 1. The molecular weight excluding hydrogens is 265 g/mol. The smallest absolute Gasteiger partial charge is 0.463 e. The lowest BCUT2D eigenvalue weighted by Crippen LogP contribution is -2.25. The highest BCUT2D eigenvalue weighted by molar-refractivity contribution is 7.87. The lowest BCUT2D eigenvalue weighted by atomic mass is 10.3. The lowest BCUT2D eigenvalue weighted by Gasteiger charge is -2.11. The fraction of sp³-hybridized carbons (Fsp3) is 0.625. The number of halogens is 3. The maximum Gasteiger partial charge on any atom is 0.534 e. The molecule has 0 amide bonds. The van der Waals surface area contributed by atoms with Crippen molar-refractivity contribution in [2.75, 3.05) is 6.61 Å². The van der Waals surface area contributed by atoms with Crippen molar-refractivity contribution in [3.8, 4) is 0 Å². The summed E-state index contributed by atoms with van der Waals surface area (Å²) in [6, 6.07) is 0. The Hall–Kier alpha value is -1.25. The topological polar surface area (TPSA) is 69.7 Å². The van der Waals surface area contributed by atoms with Crippen molar-refractivity contribution in [2.24, 2.45) is 0 Å². The fourth-order valence-corrected chi connectivity index (χ4v) is 1.21. The first-order chi connectivity index (χ1) is 7.53. The summed E-state index contributed by atoms with van der Waals surface area (Å²) in [4.78, 5) is 11.1. The average Bonchev–Trinajstić information content (AvgIpc) is 2.14. The molecule has 0 atom stereocenters. The highest BCUT2D eigenvalue weighted by atomic mass is 32.2. The number of carbonyl (C=O) groups is 1. The number of hydrogen-bond donors (Lipinski definition) is 0. The van der Waals surface area contributed by atoms with Gasteiger partial charge in [0.2, 0.25) is 0 Å². The summed E-state index contributed by atoms with van der Waals surface area (Å²) in [5.41, 5.74) is -5.89. The molecule has 0 saturated heterocycles. The van der Waals surface area contributed by atoms with Crippen LogP contribution in [0.4, 0.5) is 13.2 Å². The van der Waals surface area contributed by atoms with Crippen LogP contribution in [-0.2, 0) is 23.8 Å². The summed E-state index contributed by atoms with van der Waals surface area (Å²) in [5, 5.41) is 0. The molecule has 0 aromatic rings. The van der Waals surface area contributed by atoms with E-state index in [1.165, 1.54) is 6.92 Å². The Bertz CT molecular complexity index is 421. The van der Waals surface area contributed by atoms with Crippen LogP contribution >= 0.6 is 0 Å². The molecule has 0 aromatic carbocycles. The molecule has 5 nitrogen and oxygen atoms in total. The number of ether oxygens (including phenoxy) is 1. The summed E-state index contributed by atoms with van der Waals surface area (Å²) in [6.07, 6.45) is 0. The normalized spacial score (nSPS) is 14.0. The van der Waals surface area contributed by atoms with Crippen LogP contribution in [0.25, 0.3) is 0 Å². The van der Waals surface area contributed by atoms with Gasteiger partial charge in [-0.05, 0) is 20.8 Å². The molecular formula is C8H11F3O5S. The van der Waals surface area contributed by atoms with Crippen molar-refractivity contribution in [3.05, 3.63) is 11.3 Å². The van der Waals surface area contributed by atoms with Crippen molar-refractivity contribution >= 4 is 16.1 Å². The van der Waals surface area contributed by atoms with Crippen LogP contribution in [0.5, 0.6) is 0 Å². The predicted octanol–water partition coefficient (Wildman–Crippen LogP) is 1.71. The van der Waals surface area contributed by atoms with E-state index in [0.29, 0.717) is 0 Å². The molecule has 0 aliphatic heterocycles. The van der Waals surface area contributed by atoms with E-state index in [1.54, 1.807) is 0 Å². The Morgan fingerprint density at radius 1 is 1.24 bits per heavy atom. The van der Waals surface area contributed by atoms with Crippen molar-refractivity contribution in [1.29, 1.82) is 0 Å². The molecule has 100 valence electrons. The van der Waals surface area contributed by atoms with Crippen LogP contribution in [0.1, 0.15) is 20.8 Å². The summed E-state index contributed by atoms with van der Waals surface area (Å²) >= 11 is 0. The minimum Gasteiger partial charge on any atom is -0.463 e. The molecule has 0 N–H and O–H groups in total. The van der Waals surface area contributed by atoms with Gasteiger partial charge in [-0.25, -0.2) is 4.79 Å². The van der Waals surface area contributed by atoms with Crippen LogP contribution in [0.15, 0.2) is 11.3 Å². The first kappa shape index (κ1) is 15.8. The average molecular weight is 276 g/mol. The van der Waals surface area contributed by atoms with E-state index < -0.39 is 27.4 Å². The molecule has 0 fully saturated rings. The van der Waals surface area contributed by atoms with Crippen molar-refractivity contribution in [1.82, 2.24) is 0 Å². The minimum absolute atomic E-state index is 0.00940. The molecule has 0 unspecified atom stereocenters. The highest BCUT2D eigenvalue weighted by Gasteiger charge is 2.48. The fourth-order valence-electron chi connectivity index (χ4n) is 0.657. The Labute approximate surface area is 96.3 Å². The largest absolute Gasteiger partial charge is 0.534 e. The second kappa shape index (κ2) is 5.39. The standard InChI is InChI=1S/C8H11F3O5S/c1-4-15-7(12)5(2)6(3)16-17(13,14)8(9,10)11/h4H2,1-3H3/b6-5+. The summed E-state index contributed by atoms with van der Waals surface area (Å²) in [6.45, 7) is 3.53. The lowest BCUT2D eigenvalue weighted by molar-refractivity contribution is -0.138. The molecule has 0 saturated carbocycles. The molecule has 0 radical (unpaired) electrons. The van der Waals surface area contributed by atoms with Gasteiger partial charge in [-0.2, -0.15) is 21.6 Å². The number of esters is 1. The second-order valence-corrected chi connectivity index (χ2v) is 4.42. The van der Waals surface area contributed by atoms with Gasteiger partial charge in [0.05, 0.1) is 12.2 Å². The van der Waals surface area contributed by atoms with Gasteiger partial charge in [0.25, 0.3) is 0 Å². The molecule has 9 heteroatoms. The molecule has 0 rings (SSSR count). The third-order valence-electron chi connectivity index (χ3n) is 1.63. The van der Waals surface area contributed by atoms with Crippen LogP contribution in [-0.4, -0.2) is 26.5 Å². The SMILES string of the molecule is CCOC(=O)/C(C)=C(\C)OS(=O)(=O)C(F)(F)F. The molecule has 0 heterocycles. The zero-order chi connectivity index (χ0) is 13.9. The Balaban J connectivity index is 5.05. The van der Waals surface area contributed by atoms with E-state index in [4.69, 9.17) is 0 Å². The quantitative estimate of drug-likeness (QED) is 0.257. The van der Waals surface area contributed by atoms with Crippen LogP contribution < -0.4 is 0 Å². The zero-order valence-electron chi connectivity index (χ0n) is 9.29. The minimum atomic E-state index is -5.76. The first-order valence-corrected chi connectivity index (χ1v) is 5.79. The Morgan fingerprint density at radius 3 is 2.06 bits per heavy atom. The van der Waals surface area contributed by atoms with E-state index >= 15 is 0 Å². The monoisotopic (exact) mass is 276 g/mol. The van der Waals surface area contributed by atoms with Gasteiger partial charge in [-0.15, -0.1) is 0 Å².